The lowest BCUT2D eigenvalue weighted by molar-refractivity contribution is 0.266. The van der Waals surface area contributed by atoms with Crippen molar-refractivity contribution in [3.8, 4) is 22.6 Å². The number of halogens is 2. The van der Waals surface area contributed by atoms with Crippen molar-refractivity contribution in [3.63, 3.8) is 0 Å². The Bertz CT molecular complexity index is 871. The van der Waals surface area contributed by atoms with Crippen LogP contribution >= 0.6 is 11.6 Å². The molecule has 3 nitrogen and oxygen atoms in total. The molecule has 0 bridgehead atoms. The molecular formula is C21H19ClFNO2. The van der Waals surface area contributed by atoms with Gasteiger partial charge in [-0.2, -0.15) is 0 Å². The second-order valence-electron chi connectivity index (χ2n) is 5.70. The fourth-order valence-corrected chi connectivity index (χ4v) is 2.81. The van der Waals surface area contributed by atoms with Gasteiger partial charge in [-0.3, -0.25) is 0 Å². The molecule has 0 aliphatic heterocycles. The molecule has 0 saturated heterocycles. The van der Waals surface area contributed by atoms with Crippen molar-refractivity contribution in [2.24, 2.45) is 5.73 Å². The Morgan fingerprint density at radius 3 is 2.42 bits per heavy atom. The Morgan fingerprint density at radius 2 is 1.69 bits per heavy atom. The molecule has 3 aromatic carbocycles. The Labute approximate surface area is 157 Å². The van der Waals surface area contributed by atoms with Crippen molar-refractivity contribution in [2.45, 2.75) is 6.61 Å². The van der Waals surface area contributed by atoms with Crippen molar-refractivity contribution in [2.75, 3.05) is 13.2 Å². The maximum absolute atomic E-state index is 13.3. The maximum Gasteiger partial charge on any atom is 0.162 e. The monoisotopic (exact) mass is 371 g/mol. The molecule has 0 aliphatic carbocycles. The van der Waals surface area contributed by atoms with E-state index in [1.807, 2.05) is 48.5 Å². The number of benzene rings is 3. The van der Waals surface area contributed by atoms with E-state index in [2.05, 4.69) is 0 Å². The predicted molar refractivity (Wildman–Crippen MR) is 102 cm³/mol. The van der Waals surface area contributed by atoms with Crippen LogP contribution in [0.2, 0.25) is 5.02 Å². The molecule has 0 atom stereocenters. The van der Waals surface area contributed by atoms with Crippen molar-refractivity contribution < 1.29 is 13.9 Å². The summed E-state index contributed by atoms with van der Waals surface area (Å²) in [5, 5.41) is 0.342. The van der Waals surface area contributed by atoms with Gasteiger partial charge in [0.2, 0.25) is 0 Å². The van der Waals surface area contributed by atoms with Gasteiger partial charge < -0.3 is 15.2 Å². The van der Waals surface area contributed by atoms with Crippen LogP contribution in [0.4, 0.5) is 4.39 Å². The maximum atomic E-state index is 13.3. The molecule has 2 N–H and O–H groups in total. The molecule has 0 saturated carbocycles. The molecule has 0 radical (unpaired) electrons. The molecular weight excluding hydrogens is 353 g/mol. The van der Waals surface area contributed by atoms with Crippen LogP contribution in [0.25, 0.3) is 11.1 Å². The lowest BCUT2D eigenvalue weighted by Gasteiger charge is -2.15. The van der Waals surface area contributed by atoms with Gasteiger partial charge in [-0.05, 0) is 41.5 Å². The second-order valence-corrected chi connectivity index (χ2v) is 6.10. The van der Waals surface area contributed by atoms with Gasteiger partial charge >= 0.3 is 0 Å². The fourth-order valence-electron chi connectivity index (χ4n) is 2.54. The number of nitrogens with two attached hydrogens (primary N) is 1. The van der Waals surface area contributed by atoms with Crippen LogP contribution in [0.15, 0.2) is 66.7 Å². The third-order valence-electron chi connectivity index (χ3n) is 3.80. The molecule has 26 heavy (non-hydrogen) atoms. The minimum Gasteiger partial charge on any atom is -0.488 e. The largest absolute Gasteiger partial charge is 0.488 e. The van der Waals surface area contributed by atoms with E-state index in [1.54, 1.807) is 6.07 Å². The fraction of sp³-hybridized carbons (Fsp3) is 0.143. The predicted octanol–water partition coefficient (Wildman–Crippen LogP) is 5.06. The molecule has 0 heterocycles. The summed E-state index contributed by atoms with van der Waals surface area (Å²) >= 11 is 6.18. The van der Waals surface area contributed by atoms with Crippen LogP contribution in [-0.2, 0) is 6.61 Å². The summed E-state index contributed by atoms with van der Waals surface area (Å²) in [4.78, 5) is 0. The standard InChI is InChI=1S/C21H19ClFNO2/c22-19-13-17(23)7-8-18(19)16-6-9-20(25-11-10-24)21(12-16)26-14-15-4-2-1-3-5-15/h1-9,12-13H,10-11,14,24H2. The van der Waals surface area contributed by atoms with Crippen molar-refractivity contribution in [1.82, 2.24) is 0 Å². The van der Waals surface area contributed by atoms with Crippen LogP contribution in [0.5, 0.6) is 11.5 Å². The molecule has 3 aromatic rings. The topological polar surface area (TPSA) is 44.5 Å². The minimum absolute atomic E-state index is 0.342. The Morgan fingerprint density at radius 1 is 0.885 bits per heavy atom. The quantitative estimate of drug-likeness (QED) is 0.631. The first kappa shape index (κ1) is 18.2. The summed E-state index contributed by atoms with van der Waals surface area (Å²) in [5.41, 5.74) is 8.11. The van der Waals surface area contributed by atoms with Gasteiger partial charge in [0.05, 0.1) is 5.02 Å². The van der Waals surface area contributed by atoms with Crippen LogP contribution < -0.4 is 15.2 Å². The van der Waals surface area contributed by atoms with E-state index in [1.165, 1.54) is 12.1 Å². The van der Waals surface area contributed by atoms with E-state index < -0.39 is 0 Å². The minimum atomic E-state index is -0.373. The number of hydrogen-bond donors (Lipinski definition) is 1. The molecule has 0 spiro atoms. The van der Waals surface area contributed by atoms with Crippen LogP contribution in [0.3, 0.4) is 0 Å². The summed E-state index contributed by atoms with van der Waals surface area (Å²) < 4.78 is 24.9. The molecule has 0 aliphatic rings. The van der Waals surface area contributed by atoms with E-state index in [-0.39, 0.29) is 5.82 Å². The first-order chi connectivity index (χ1) is 12.7. The lowest BCUT2D eigenvalue weighted by Crippen LogP contribution is -2.11. The third kappa shape index (κ3) is 4.54. The van der Waals surface area contributed by atoms with Crippen molar-refractivity contribution in [1.29, 1.82) is 0 Å². The molecule has 0 fully saturated rings. The van der Waals surface area contributed by atoms with Gasteiger partial charge in [0.15, 0.2) is 11.5 Å². The van der Waals surface area contributed by atoms with Crippen LogP contribution in [0, 0.1) is 5.82 Å². The van der Waals surface area contributed by atoms with Gasteiger partial charge in [0.25, 0.3) is 0 Å². The van der Waals surface area contributed by atoms with E-state index in [0.717, 1.165) is 16.7 Å². The highest BCUT2D eigenvalue weighted by Crippen LogP contribution is 2.36. The highest BCUT2D eigenvalue weighted by molar-refractivity contribution is 6.33. The van der Waals surface area contributed by atoms with Crippen molar-refractivity contribution >= 4 is 11.6 Å². The molecule has 0 unspecified atom stereocenters. The molecule has 0 amide bonds. The van der Waals surface area contributed by atoms with Gasteiger partial charge in [0, 0.05) is 12.1 Å². The number of rotatable bonds is 7. The summed E-state index contributed by atoms with van der Waals surface area (Å²) in [5.74, 6) is 0.816. The van der Waals surface area contributed by atoms with Gasteiger partial charge in [-0.25, -0.2) is 4.39 Å². The summed E-state index contributed by atoms with van der Waals surface area (Å²) in [6.07, 6.45) is 0. The summed E-state index contributed by atoms with van der Waals surface area (Å²) in [7, 11) is 0. The first-order valence-corrected chi connectivity index (χ1v) is 8.64. The summed E-state index contributed by atoms with van der Waals surface area (Å²) in [6, 6.07) is 19.7. The average molecular weight is 372 g/mol. The summed E-state index contributed by atoms with van der Waals surface area (Å²) in [6.45, 7) is 1.20. The number of hydrogen-bond acceptors (Lipinski definition) is 3. The molecule has 0 aromatic heterocycles. The van der Waals surface area contributed by atoms with Gasteiger partial charge in [0.1, 0.15) is 19.0 Å². The molecule has 134 valence electrons. The number of ether oxygens (including phenoxy) is 2. The van der Waals surface area contributed by atoms with Gasteiger partial charge in [-0.1, -0.05) is 48.0 Å². The first-order valence-electron chi connectivity index (χ1n) is 8.26. The zero-order chi connectivity index (χ0) is 18.4. The van der Waals surface area contributed by atoms with E-state index in [4.69, 9.17) is 26.8 Å². The highest BCUT2D eigenvalue weighted by atomic mass is 35.5. The zero-order valence-electron chi connectivity index (χ0n) is 14.1. The van der Waals surface area contributed by atoms with E-state index >= 15 is 0 Å². The third-order valence-corrected chi connectivity index (χ3v) is 4.11. The highest BCUT2D eigenvalue weighted by Gasteiger charge is 2.11. The molecule has 5 heteroatoms. The van der Waals surface area contributed by atoms with E-state index in [0.29, 0.717) is 36.3 Å². The SMILES string of the molecule is NCCOc1ccc(-c2ccc(F)cc2Cl)cc1OCc1ccccc1. The Hall–Kier alpha value is -2.56. The zero-order valence-corrected chi connectivity index (χ0v) is 14.9. The lowest BCUT2D eigenvalue weighted by atomic mass is 10.0. The smallest absolute Gasteiger partial charge is 0.162 e. The molecule has 3 rings (SSSR count). The van der Waals surface area contributed by atoms with Crippen LogP contribution in [0.1, 0.15) is 5.56 Å². The Kier molecular flexibility index (Phi) is 6.10. The Balaban J connectivity index is 1.90. The van der Waals surface area contributed by atoms with Crippen molar-refractivity contribution in [3.05, 3.63) is 83.1 Å². The van der Waals surface area contributed by atoms with E-state index in [9.17, 15) is 4.39 Å². The average Bonchev–Trinajstić information content (AvgIpc) is 2.66. The second kappa shape index (κ2) is 8.70. The van der Waals surface area contributed by atoms with Crippen LogP contribution in [-0.4, -0.2) is 13.2 Å². The van der Waals surface area contributed by atoms with Gasteiger partial charge in [-0.15, -0.1) is 0 Å². The normalized spacial score (nSPS) is 10.6.